The number of benzene rings is 2. The molecule has 27 heavy (non-hydrogen) atoms. The number of carbonyl (C=O) groups excluding carboxylic acids is 1. The Bertz CT molecular complexity index is 929. The zero-order valence-corrected chi connectivity index (χ0v) is 16.2. The van der Waals surface area contributed by atoms with Gasteiger partial charge >= 0.3 is 0 Å². The average Bonchev–Trinajstić information content (AvgIpc) is 2.62. The van der Waals surface area contributed by atoms with Crippen LogP contribution in [0.25, 0.3) is 5.57 Å². The first kappa shape index (κ1) is 18.7. The number of hydrazone groups is 1. The van der Waals surface area contributed by atoms with Gasteiger partial charge in [-0.2, -0.15) is 5.10 Å². The first-order valence-corrected chi connectivity index (χ1v) is 9.06. The van der Waals surface area contributed by atoms with E-state index in [1.165, 1.54) is 22.9 Å². The van der Waals surface area contributed by atoms with E-state index in [1.54, 1.807) is 24.4 Å². The van der Waals surface area contributed by atoms with Crippen molar-refractivity contribution in [2.24, 2.45) is 5.10 Å². The lowest BCUT2D eigenvalue weighted by Crippen LogP contribution is -2.44. The maximum Gasteiger partial charge on any atom is 0.275 e. The van der Waals surface area contributed by atoms with Crippen LogP contribution in [0.3, 0.4) is 0 Å². The van der Waals surface area contributed by atoms with E-state index in [2.05, 4.69) is 61.3 Å². The molecule has 2 aromatic rings. The predicted octanol–water partition coefficient (Wildman–Crippen LogP) is 4.18. The van der Waals surface area contributed by atoms with E-state index in [-0.39, 0.29) is 16.9 Å². The number of nitrogens with one attached hydrogen (secondary N) is 1. The second-order valence-electron chi connectivity index (χ2n) is 7.22. The van der Waals surface area contributed by atoms with Gasteiger partial charge < -0.3 is 10.0 Å². The molecule has 0 radical (unpaired) electrons. The summed E-state index contributed by atoms with van der Waals surface area (Å²) in [6.45, 7) is 9.63. The van der Waals surface area contributed by atoms with Gasteiger partial charge in [0, 0.05) is 17.8 Å². The highest BCUT2D eigenvalue weighted by atomic mass is 16.3. The van der Waals surface area contributed by atoms with Gasteiger partial charge in [0.25, 0.3) is 5.91 Å². The minimum absolute atomic E-state index is 0.0207. The van der Waals surface area contributed by atoms with Crippen molar-refractivity contribution in [1.82, 2.24) is 5.43 Å². The molecule has 0 saturated carbocycles. The van der Waals surface area contributed by atoms with Crippen LogP contribution >= 0.6 is 0 Å². The highest BCUT2D eigenvalue weighted by molar-refractivity contribution is 5.97. The molecule has 0 spiro atoms. The number of carbonyl (C=O) groups is 1. The first-order chi connectivity index (χ1) is 12.8. The molecular formula is C22H25N3O2. The number of amides is 1. The van der Waals surface area contributed by atoms with E-state index in [0.717, 1.165) is 12.1 Å². The number of aromatic hydroxyl groups is 1. The number of hydrogen-bond donors (Lipinski definition) is 2. The van der Waals surface area contributed by atoms with Crippen molar-refractivity contribution in [3.05, 3.63) is 65.2 Å². The summed E-state index contributed by atoms with van der Waals surface area (Å²) in [7, 11) is 0. The number of para-hydroxylation sites is 1. The lowest BCUT2D eigenvalue weighted by atomic mass is 9.88. The topological polar surface area (TPSA) is 64.9 Å². The van der Waals surface area contributed by atoms with E-state index in [4.69, 9.17) is 0 Å². The summed E-state index contributed by atoms with van der Waals surface area (Å²) in [6, 6.07) is 12.5. The smallest absolute Gasteiger partial charge is 0.275 e. The fourth-order valence-electron chi connectivity index (χ4n) is 3.65. The molecule has 0 saturated heterocycles. The molecule has 2 N–H and O–H groups in total. The molecular weight excluding hydrogens is 338 g/mol. The van der Waals surface area contributed by atoms with Crippen molar-refractivity contribution in [3.63, 3.8) is 0 Å². The van der Waals surface area contributed by atoms with Gasteiger partial charge in [0.2, 0.25) is 0 Å². The van der Waals surface area contributed by atoms with Crippen LogP contribution in [0.1, 0.15) is 49.2 Å². The average molecular weight is 363 g/mol. The second-order valence-corrected chi connectivity index (χ2v) is 7.22. The van der Waals surface area contributed by atoms with Crippen molar-refractivity contribution in [3.8, 4) is 5.75 Å². The molecule has 1 aliphatic heterocycles. The van der Waals surface area contributed by atoms with Crippen LogP contribution in [0.4, 0.5) is 5.69 Å². The van der Waals surface area contributed by atoms with Crippen molar-refractivity contribution in [2.75, 3.05) is 11.4 Å². The third kappa shape index (κ3) is 3.72. The first-order valence-electron chi connectivity index (χ1n) is 9.06. The highest BCUT2D eigenvalue weighted by Gasteiger charge is 2.29. The number of phenolic OH excluding ortho intramolecular Hbond substituents is 1. The zero-order chi connectivity index (χ0) is 19.6. The van der Waals surface area contributed by atoms with E-state index in [9.17, 15) is 9.90 Å². The summed E-state index contributed by atoms with van der Waals surface area (Å²) in [6.07, 6.45) is 3.89. The second kappa shape index (κ2) is 7.27. The van der Waals surface area contributed by atoms with Crippen LogP contribution in [0.2, 0.25) is 0 Å². The fraction of sp³-hybridized carbons (Fsp3) is 0.273. The Balaban J connectivity index is 1.80. The molecule has 2 aromatic carbocycles. The van der Waals surface area contributed by atoms with Crippen LogP contribution < -0.4 is 10.3 Å². The summed E-state index contributed by atoms with van der Waals surface area (Å²) in [5.41, 5.74) is 7.14. The standard InChI is InChI=1S/C22H25N3O2/c1-5-25-19-11-10-16(12-18(19)15(2)13-22(25,3)4)14-23-24-21(27)17-8-6-7-9-20(17)26/h6-14,26H,5H2,1-4H3,(H,24,27)/b23-14-. The third-order valence-corrected chi connectivity index (χ3v) is 4.85. The summed E-state index contributed by atoms with van der Waals surface area (Å²) in [5.74, 6) is -0.515. The number of phenols is 1. The lowest BCUT2D eigenvalue weighted by Gasteiger charge is -2.42. The number of rotatable bonds is 4. The van der Waals surface area contributed by atoms with Crippen molar-refractivity contribution in [1.29, 1.82) is 0 Å². The Morgan fingerprint density at radius 3 is 2.70 bits per heavy atom. The molecule has 1 heterocycles. The zero-order valence-electron chi connectivity index (χ0n) is 16.2. The van der Waals surface area contributed by atoms with Gasteiger partial charge in [-0.15, -0.1) is 0 Å². The maximum absolute atomic E-state index is 12.1. The van der Waals surface area contributed by atoms with Gasteiger partial charge in [0.05, 0.1) is 17.3 Å². The number of hydrogen-bond acceptors (Lipinski definition) is 4. The van der Waals surface area contributed by atoms with Crippen molar-refractivity contribution < 1.29 is 9.90 Å². The van der Waals surface area contributed by atoms with E-state index in [0.29, 0.717) is 0 Å². The normalized spacial score (nSPS) is 15.4. The molecule has 0 bridgehead atoms. The van der Waals surface area contributed by atoms with Gasteiger partial charge in [-0.1, -0.05) is 24.3 Å². The van der Waals surface area contributed by atoms with Crippen LogP contribution in [-0.2, 0) is 0 Å². The van der Waals surface area contributed by atoms with Crippen LogP contribution in [-0.4, -0.2) is 29.3 Å². The molecule has 1 amide bonds. The molecule has 0 fully saturated rings. The summed E-state index contributed by atoms with van der Waals surface area (Å²) >= 11 is 0. The molecule has 3 rings (SSSR count). The third-order valence-electron chi connectivity index (χ3n) is 4.85. The Kier molecular flexibility index (Phi) is 5.04. The Morgan fingerprint density at radius 2 is 2.00 bits per heavy atom. The minimum atomic E-state index is -0.447. The quantitative estimate of drug-likeness (QED) is 0.633. The minimum Gasteiger partial charge on any atom is -0.507 e. The monoisotopic (exact) mass is 363 g/mol. The summed E-state index contributed by atoms with van der Waals surface area (Å²) in [5, 5.41) is 13.8. The van der Waals surface area contributed by atoms with Gasteiger partial charge in [-0.3, -0.25) is 4.79 Å². The number of fused-ring (bicyclic) bond motifs is 1. The number of anilines is 1. The van der Waals surface area contributed by atoms with Crippen LogP contribution in [0.15, 0.2) is 53.6 Å². The van der Waals surface area contributed by atoms with Crippen LogP contribution in [0, 0.1) is 0 Å². The molecule has 1 aliphatic rings. The number of likely N-dealkylation sites (N-methyl/N-ethyl adjacent to an activating group) is 1. The highest BCUT2D eigenvalue weighted by Crippen LogP contribution is 2.38. The van der Waals surface area contributed by atoms with Gasteiger partial charge in [0.1, 0.15) is 5.75 Å². The molecule has 5 nitrogen and oxygen atoms in total. The van der Waals surface area contributed by atoms with Gasteiger partial charge in [-0.25, -0.2) is 5.43 Å². The SMILES string of the molecule is CCN1c2ccc(/C=N\NC(=O)c3ccccc3O)cc2C(C)=CC1(C)C. The van der Waals surface area contributed by atoms with E-state index < -0.39 is 5.91 Å². The Hall–Kier alpha value is -3.08. The van der Waals surface area contributed by atoms with E-state index >= 15 is 0 Å². The van der Waals surface area contributed by atoms with Crippen molar-refractivity contribution in [2.45, 2.75) is 33.2 Å². The molecule has 0 aliphatic carbocycles. The molecule has 0 aromatic heterocycles. The number of allylic oxidation sites excluding steroid dienone is 1. The van der Waals surface area contributed by atoms with Crippen molar-refractivity contribution >= 4 is 23.4 Å². The number of nitrogens with zero attached hydrogens (tertiary/aromatic N) is 2. The maximum atomic E-state index is 12.1. The molecule has 140 valence electrons. The molecule has 5 heteroatoms. The van der Waals surface area contributed by atoms with Gasteiger partial charge in [0.15, 0.2) is 0 Å². The predicted molar refractivity (Wildman–Crippen MR) is 110 cm³/mol. The summed E-state index contributed by atoms with van der Waals surface area (Å²) in [4.78, 5) is 14.5. The largest absolute Gasteiger partial charge is 0.507 e. The Morgan fingerprint density at radius 1 is 1.26 bits per heavy atom. The molecule has 0 atom stereocenters. The Labute approximate surface area is 160 Å². The van der Waals surface area contributed by atoms with E-state index in [1.807, 2.05) is 6.07 Å². The lowest BCUT2D eigenvalue weighted by molar-refractivity contribution is 0.0952. The fourth-order valence-corrected chi connectivity index (χ4v) is 3.65. The van der Waals surface area contributed by atoms with Gasteiger partial charge in [-0.05, 0) is 63.1 Å². The molecule has 0 unspecified atom stereocenters. The van der Waals surface area contributed by atoms with Crippen LogP contribution in [0.5, 0.6) is 5.75 Å². The summed E-state index contributed by atoms with van der Waals surface area (Å²) < 4.78 is 0.